The van der Waals surface area contributed by atoms with E-state index in [2.05, 4.69) is 4.98 Å². The van der Waals surface area contributed by atoms with Gasteiger partial charge in [0.15, 0.2) is 0 Å². The molecule has 0 fully saturated rings. The van der Waals surface area contributed by atoms with Crippen molar-refractivity contribution in [2.45, 2.75) is 5.88 Å². The fourth-order valence-electron chi connectivity index (χ4n) is 1.07. The van der Waals surface area contributed by atoms with E-state index in [9.17, 15) is 0 Å². The molecule has 0 radical (unpaired) electrons. The zero-order valence-corrected chi connectivity index (χ0v) is 8.78. The molecule has 0 aliphatic heterocycles. The molecule has 0 saturated carbocycles. The third-order valence-corrected chi connectivity index (χ3v) is 2.12. The van der Waals surface area contributed by atoms with Crippen molar-refractivity contribution in [2.24, 2.45) is 0 Å². The van der Waals surface area contributed by atoms with Crippen LogP contribution in [-0.4, -0.2) is 18.1 Å². The molecule has 5 heteroatoms. The fourth-order valence-corrected chi connectivity index (χ4v) is 1.23. The van der Waals surface area contributed by atoms with Gasteiger partial charge in [-0.25, -0.2) is 4.98 Å². The summed E-state index contributed by atoms with van der Waals surface area (Å²) in [5.74, 6) is 1.02. The van der Waals surface area contributed by atoms with Crippen LogP contribution in [0.25, 0.3) is 0 Å². The van der Waals surface area contributed by atoms with Crippen LogP contribution in [-0.2, 0) is 5.88 Å². The van der Waals surface area contributed by atoms with E-state index < -0.39 is 0 Å². The van der Waals surface area contributed by atoms with Gasteiger partial charge in [0.05, 0.1) is 12.1 Å². The van der Waals surface area contributed by atoms with Gasteiger partial charge in [-0.1, -0.05) is 6.07 Å². The summed E-state index contributed by atoms with van der Waals surface area (Å²) in [7, 11) is 0. The van der Waals surface area contributed by atoms with Crippen LogP contribution in [0.5, 0.6) is 0 Å². The molecular formula is C10H9ClN4. The Hall–Kier alpha value is -1.78. The van der Waals surface area contributed by atoms with E-state index in [1.165, 1.54) is 0 Å². The molecule has 76 valence electrons. The topological polar surface area (TPSA) is 63.7 Å². The van der Waals surface area contributed by atoms with Gasteiger partial charge in [0.25, 0.3) is 0 Å². The van der Waals surface area contributed by atoms with Crippen molar-refractivity contribution >= 4 is 17.4 Å². The van der Waals surface area contributed by atoms with Crippen LogP contribution in [0.1, 0.15) is 5.56 Å². The van der Waals surface area contributed by atoms with E-state index in [0.29, 0.717) is 11.7 Å². The minimum absolute atomic E-state index is 0.154. The van der Waals surface area contributed by atoms with Crippen LogP contribution in [0.15, 0.2) is 18.3 Å². The lowest BCUT2D eigenvalue weighted by atomic mass is 10.3. The van der Waals surface area contributed by atoms with Gasteiger partial charge in [-0.3, -0.25) is 0 Å². The first-order valence-electron chi connectivity index (χ1n) is 4.31. The molecule has 0 saturated heterocycles. The van der Waals surface area contributed by atoms with Crippen LogP contribution in [0.2, 0.25) is 0 Å². The maximum absolute atomic E-state index is 8.58. The number of rotatable bonds is 4. The number of hydrogen-bond donors (Lipinski definition) is 0. The number of anilines is 1. The smallest absolute Gasteiger partial charge is 0.130 e. The Kier molecular flexibility index (Phi) is 4.40. The lowest BCUT2D eigenvalue weighted by Gasteiger charge is -2.16. The van der Waals surface area contributed by atoms with Gasteiger partial charge in [-0.15, -0.1) is 11.6 Å². The first-order valence-corrected chi connectivity index (χ1v) is 4.85. The molecule has 0 aliphatic rings. The Morgan fingerprint density at radius 1 is 1.27 bits per heavy atom. The Labute approximate surface area is 93.3 Å². The van der Waals surface area contributed by atoms with Crippen molar-refractivity contribution in [1.82, 2.24) is 4.98 Å². The molecule has 0 spiro atoms. The molecule has 0 aromatic carbocycles. The number of nitrogens with zero attached hydrogens (tertiary/aromatic N) is 4. The monoisotopic (exact) mass is 220 g/mol. The van der Waals surface area contributed by atoms with Crippen molar-refractivity contribution in [2.75, 3.05) is 18.0 Å². The van der Waals surface area contributed by atoms with Crippen molar-refractivity contribution in [1.29, 1.82) is 10.5 Å². The van der Waals surface area contributed by atoms with Gasteiger partial charge in [0.1, 0.15) is 18.9 Å². The highest BCUT2D eigenvalue weighted by Gasteiger charge is 2.05. The van der Waals surface area contributed by atoms with Crippen molar-refractivity contribution in [3.63, 3.8) is 0 Å². The summed E-state index contributed by atoms with van der Waals surface area (Å²) >= 11 is 5.62. The molecule has 4 nitrogen and oxygen atoms in total. The van der Waals surface area contributed by atoms with E-state index in [4.69, 9.17) is 22.1 Å². The SMILES string of the molecule is N#CCN(CC#N)c1ccc(CCl)cn1. The van der Waals surface area contributed by atoms with Crippen molar-refractivity contribution < 1.29 is 0 Å². The Morgan fingerprint density at radius 3 is 2.33 bits per heavy atom. The number of pyridine rings is 1. The molecule has 0 aliphatic carbocycles. The third kappa shape index (κ3) is 3.12. The number of nitriles is 2. The molecule has 0 atom stereocenters. The summed E-state index contributed by atoms with van der Waals surface area (Å²) in [5.41, 5.74) is 0.911. The average molecular weight is 221 g/mol. The van der Waals surface area contributed by atoms with E-state index >= 15 is 0 Å². The summed E-state index contributed by atoms with van der Waals surface area (Å²) in [6.45, 7) is 0.307. The lowest BCUT2D eigenvalue weighted by Crippen LogP contribution is -2.24. The van der Waals surface area contributed by atoms with Gasteiger partial charge < -0.3 is 4.90 Å². The lowest BCUT2D eigenvalue weighted by molar-refractivity contribution is 0.933. The van der Waals surface area contributed by atoms with E-state index in [-0.39, 0.29) is 13.1 Å². The Morgan fingerprint density at radius 2 is 1.93 bits per heavy atom. The van der Waals surface area contributed by atoms with E-state index in [1.54, 1.807) is 17.2 Å². The van der Waals surface area contributed by atoms with Crippen molar-refractivity contribution in [3.05, 3.63) is 23.9 Å². The summed E-state index contributed by atoms with van der Waals surface area (Å²) in [4.78, 5) is 5.72. The minimum Gasteiger partial charge on any atom is -0.330 e. The number of halogens is 1. The van der Waals surface area contributed by atoms with Gasteiger partial charge >= 0.3 is 0 Å². The van der Waals surface area contributed by atoms with Crippen LogP contribution < -0.4 is 4.90 Å². The minimum atomic E-state index is 0.154. The van der Waals surface area contributed by atoms with Crippen LogP contribution >= 0.6 is 11.6 Å². The number of aromatic nitrogens is 1. The molecule has 0 amide bonds. The Bertz CT molecular complexity index is 371. The Balaban J connectivity index is 2.83. The molecule has 15 heavy (non-hydrogen) atoms. The van der Waals surface area contributed by atoms with E-state index in [1.807, 2.05) is 18.2 Å². The molecule has 1 heterocycles. The molecule has 1 aromatic heterocycles. The molecule has 0 N–H and O–H groups in total. The number of hydrogen-bond acceptors (Lipinski definition) is 4. The molecule has 0 bridgehead atoms. The summed E-state index contributed by atoms with van der Waals surface area (Å²) in [6.07, 6.45) is 1.64. The molecule has 1 aromatic rings. The van der Waals surface area contributed by atoms with Gasteiger partial charge in [-0.2, -0.15) is 10.5 Å². The van der Waals surface area contributed by atoms with Gasteiger partial charge in [0, 0.05) is 12.1 Å². The number of alkyl halides is 1. The highest BCUT2D eigenvalue weighted by atomic mass is 35.5. The first-order chi connectivity index (χ1) is 7.31. The highest BCUT2D eigenvalue weighted by Crippen LogP contribution is 2.11. The normalized spacial score (nSPS) is 9.00. The van der Waals surface area contributed by atoms with Gasteiger partial charge in [-0.05, 0) is 11.6 Å². The van der Waals surface area contributed by atoms with Crippen molar-refractivity contribution in [3.8, 4) is 12.1 Å². The van der Waals surface area contributed by atoms with Crippen LogP contribution in [0.4, 0.5) is 5.82 Å². The summed E-state index contributed by atoms with van der Waals surface area (Å²) in [6, 6.07) is 7.56. The fraction of sp³-hybridized carbons (Fsp3) is 0.300. The average Bonchev–Trinajstić information content (AvgIpc) is 2.29. The zero-order valence-electron chi connectivity index (χ0n) is 8.02. The molecular weight excluding hydrogens is 212 g/mol. The van der Waals surface area contributed by atoms with E-state index in [0.717, 1.165) is 5.56 Å². The molecule has 1 rings (SSSR count). The van der Waals surface area contributed by atoms with Crippen LogP contribution in [0.3, 0.4) is 0 Å². The standard InChI is InChI=1S/C10H9ClN4/c11-7-9-1-2-10(14-8-9)15(5-3-12)6-4-13/h1-2,8H,5-7H2. The summed E-state index contributed by atoms with van der Waals surface area (Å²) < 4.78 is 0. The summed E-state index contributed by atoms with van der Waals surface area (Å²) in [5, 5.41) is 17.2. The quantitative estimate of drug-likeness (QED) is 0.572. The second-order valence-electron chi connectivity index (χ2n) is 2.83. The predicted octanol–water partition coefficient (Wildman–Crippen LogP) is 1.67. The molecule has 0 unspecified atom stereocenters. The zero-order chi connectivity index (χ0) is 11.1. The van der Waals surface area contributed by atoms with Gasteiger partial charge in [0.2, 0.25) is 0 Å². The second-order valence-corrected chi connectivity index (χ2v) is 3.10. The third-order valence-electron chi connectivity index (χ3n) is 1.81. The highest BCUT2D eigenvalue weighted by molar-refractivity contribution is 6.17. The maximum Gasteiger partial charge on any atom is 0.130 e. The van der Waals surface area contributed by atoms with Crippen LogP contribution in [0, 0.1) is 22.7 Å². The predicted molar refractivity (Wildman–Crippen MR) is 57.2 cm³/mol. The second kappa shape index (κ2) is 5.85. The maximum atomic E-state index is 8.58. The first kappa shape index (κ1) is 11.3. The largest absolute Gasteiger partial charge is 0.330 e.